The molecule has 1 atom stereocenters. The Bertz CT molecular complexity index is 721. The van der Waals surface area contributed by atoms with Crippen molar-refractivity contribution >= 4 is 17.7 Å². The number of likely N-dealkylation sites (tertiary alicyclic amines) is 1. The number of rotatable bonds is 5. The predicted molar refractivity (Wildman–Crippen MR) is 92.7 cm³/mol. The average Bonchev–Trinajstić information content (AvgIpc) is 3.09. The fourth-order valence-corrected chi connectivity index (χ4v) is 3.09. The highest BCUT2D eigenvalue weighted by molar-refractivity contribution is 5.95. The highest BCUT2D eigenvalue weighted by Crippen LogP contribution is 2.27. The zero-order valence-electron chi connectivity index (χ0n) is 15.5. The standard InChI is InChI=1S/C16H25N5O5/c1-5-11-12(21(24)25)13(14(17)22)20(18-11)9-10-7-6-8-19(10)15(23)26-16(2,3)4/h10H,5-9H2,1-4H3,(H2,17,22)/t10-/m0/s1. The molecule has 1 fully saturated rings. The molecule has 0 radical (unpaired) electrons. The van der Waals surface area contributed by atoms with Crippen molar-refractivity contribution in [2.24, 2.45) is 5.73 Å². The number of nitrogens with zero attached hydrogens (tertiary/aromatic N) is 4. The molecule has 0 spiro atoms. The number of ether oxygens (including phenoxy) is 1. The Balaban J connectivity index is 2.31. The molecule has 0 saturated carbocycles. The van der Waals surface area contributed by atoms with Gasteiger partial charge in [-0.15, -0.1) is 0 Å². The summed E-state index contributed by atoms with van der Waals surface area (Å²) < 4.78 is 6.67. The molecule has 1 aromatic heterocycles. The topological polar surface area (TPSA) is 134 Å². The lowest BCUT2D eigenvalue weighted by Gasteiger charge is -2.28. The van der Waals surface area contributed by atoms with E-state index < -0.39 is 22.5 Å². The van der Waals surface area contributed by atoms with Crippen molar-refractivity contribution in [3.05, 3.63) is 21.5 Å². The molecule has 1 saturated heterocycles. The number of carbonyl (C=O) groups is 2. The van der Waals surface area contributed by atoms with Gasteiger partial charge in [0.05, 0.1) is 17.5 Å². The molecule has 1 aromatic rings. The van der Waals surface area contributed by atoms with E-state index in [-0.39, 0.29) is 29.7 Å². The van der Waals surface area contributed by atoms with E-state index in [9.17, 15) is 19.7 Å². The van der Waals surface area contributed by atoms with Crippen molar-refractivity contribution in [1.29, 1.82) is 0 Å². The second-order valence-electron chi connectivity index (χ2n) is 7.27. The highest BCUT2D eigenvalue weighted by Gasteiger charge is 2.36. The highest BCUT2D eigenvalue weighted by atomic mass is 16.6. The Labute approximate surface area is 151 Å². The van der Waals surface area contributed by atoms with Crippen LogP contribution < -0.4 is 5.73 Å². The summed E-state index contributed by atoms with van der Waals surface area (Å²) in [7, 11) is 0. The quantitative estimate of drug-likeness (QED) is 0.623. The molecule has 2 rings (SSSR count). The van der Waals surface area contributed by atoms with Gasteiger partial charge in [0, 0.05) is 6.54 Å². The molecule has 2 amide bonds. The monoisotopic (exact) mass is 367 g/mol. The Kier molecular flexibility index (Phi) is 5.53. The van der Waals surface area contributed by atoms with E-state index in [1.165, 1.54) is 4.68 Å². The van der Waals surface area contributed by atoms with Crippen molar-refractivity contribution in [3.8, 4) is 0 Å². The van der Waals surface area contributed by atoms with Crippen LogP contribution >= 0.6 is 0 Å². The summed E-state index contributed by atoms with van der Waals surface area (Å²) in [5, 5.41) is 15.5. The first kappa shape index (κ1) is 19.7. The Morgan fingerprint density at radius 2 is 2.08 bits per heavy atom. The summed E-state index contributed by atoms with van der Waals surface area (Å²) in [4.78, 5) is 36.5. The maximum atomic E-state index is 12.4. The number of aromatic nitrogens is 2. The van der Waals surface area contributed by atoms with Gasteiger partial charge < -0.3 is 15.4 Å². The van der Waals surface area contributed by atoms with Crippen LogP contribution in [0.1, 0.15) is 56.7 Å². The maximum Gasteiger partial charge on any atom is 0.410 e. The molecule has 10 heteroatoms. The Morgan fingerprint density at radius 3 is 2.58 bits per heavy atom. The van der Waals surface area contributed by atoms with Crippen LogP contribution in [0.15, 0.2) is 0 Å². The molecular formula is C16H25N5O5. The molecule has 2 heterocycles. The van der Waals surface area contributed by atoms with Gasteiger partial charge in [0.1, 0.15) is 11.3 Å². The molecule has 0 bridgehead atoms. The largest absolute Gasteiger partial charge is 0.444 e. The molecular weight excluding hydrogens is 342 g/mol. The van der Waals surface area contributed by atoms with Crippen molar-refractivity contribution in [3.63, 3.8) is 0 Å². The van der Waals surface area contributed by atoms with Gasteiger partial charge in [-0.2, -0.15) is 5.10 Å². The van der Waals surface area contributed by atoms with Gasteiger partial charge >= 0.3 is 11.8 Å². The number of nitrogens with two attached hydrogens (primary N) is 1. The average molecular weight is 367 g/mol. The number of hydrogen-bond acceptors (Lipinski definition) is 6. The molecule has 1 aliphatic rings. The fraction of sp³-hybridized carbons (Fsp3) is 0.688. The summed E-state index contributed by atoms with van der Waals surface area (Å²) in [6, 6.07) is -0.271. The summed E-state index contributed by atoms with van der Waals surface area (Å²) in [5.41, 5.74) is 4.35. The second kappa shape index (κ2) is 7.30. The van der Waals surface area contributed by atoms with Gasteiger partial charge in [-0.25, -0.2) is 4.79 Å². The number of nitro groups is 1. The third-order valence-electron chi connectivity index (χ3n) is 4.14. The Hall–Kier alpha value is -2.65. The van der Waals surface area contributed by atoms with E-state index in [1.54, 1.807) is 32.6 Å². The van der Waals surface area contributed by atoms with Crippen LogP contribution in [0.25, 0.3) is 0 Å². The van der Waals surface area contributed by atoms with Gasteiger partial charge in [-0.1, -0.05) is 6.92 Å². The summed E-state index contributed by atoms with van der Waals surface area (Å²) >= 11 is 0. The molecule has 2 N–H and O–H groups in total. The number of primary amides is 1. The minimum Gasteiger partial charge on any atom is -0.444 e. The zero-order valence-corrected chi connectivity index (χ0v) is 15.5. The smallest absolute Gasteiger partial charge is 0.410 e. The van der Waals surface area contributed by atoms with Crippen LogP contribution in [0.5, 0.6) is 0 Å². The Morgan fingerprint density at radius 1 is 1.42 bits per heavy atom. The van der Waals surface area contributed by atoms with Crippen molar-refractivity contribution in [2.75, 3.05) is 6.54 Å². The van der Waals surface area contributed by atoms with E-state index in [4.69, 9.17) is 10.5 Å². The predicted octanol–water partition coefficient (Wildman–Crippen LogP) is 1.85. The third-order valence-corrected chi connectivity index (χ3v) is 4.14. The summed E-state index contributed by atoms with van der Waals surface area (Å²) in [5.74, 6) is -0.911. The van der Waals surface area contributed by atoms with Crippen molar-refractivity contribution in [2.45, 2.75) is 65.1 Å². The van der Waals surface area contributed by atoms with E-state index in [1.807, 2.05) is 0 Å². The molecule has 10 nitrogen and oxygen atoms in total. The third kappa shape index (κ3) is 4.12. The summed E-state index contributed by atoms with van der Waals surface area (Å²) in [6.45, 7) is 7.74. The van der Waals surface area contributed by atoms with E-state index in [2.05, 4.69) is 5.10 Å². The van der Waals surface area contributed by atoms with E-state index in [0.717, 1.165) is 6.42 Å². The second-order valence-corrected chi connectivity index (χ2v) is 7.27. The minimum absolute atomic E-state index is 0.151. The van der Waals surface area contributed by atoms with E-state index in [0.29, 0.717) is 19.4 Å². The minimum atomic E-state index is -0.911. The first-order valence-electron chi connectivity index (χ1n) is 8.58. The molecule has 0 aromatic carbocycles. The molecule has 26 heavy (non-hydrogen) atoms. The lowest BCUT2D eigenvalue weighted by atomic mass is 10.2. The molecule has 0 aliphatic carbocycles. The number of aryl methyl sites for hydroxylation is 1. The van der Waals surface area contributed by atoms with Gasteiger partial charge in [0.2, 0.25) is 5.69 Å². The van der Waals surface area contributed by atoms with Crippen molar-refractivity contribution < 1.29 is 19.2 Å². The molecule has 0 unspecified atom stereocenters. The van der Waals surface area contributed by atoms with Gasteiger partial charge in [-0.3, -0.25) is 19.6 Å². The van der Waals surface area contributed by atoms with Crippen LogP contribution in [-0.2, 0) is 17.7 Å². The van der Waals surface area contributed by atoms with E-state index >= 15 is 0 Å². The lowest BCUT2D eigenvalue weighted by molar-refractivity contribution is -0.385. The maximum absolute atomic E-state index is 12.4. The molecule has 144 valence electrons. The van der Waals surface area contributed by atoms with Gasteiger partial charge in [0.25, 0.3) is 5.91 Å². The number of hydrogen-bond donors (Lipinski definition) is 1. The fourth-order valence-electron chi connectivity index (χ4n) is 3.09. The van der Waals surface area contributed by atoms with Crippen LogP contribution in [0, 0.1) is 10.1 Å². The number of amides is 2. The van der Waals surface area contributed by atoms with Crippen LogP contribution in [0.3, 0.4) is 0 Å². The SMILES string of the molecule is CCc1nn(C[C@@H]2CCCN2C(=O)OC(C)(C)C)c(C(N)=O)c1[N+](=O)[O-]. The van der Waals surface area contributed by atoms with Crippen LogP contribution in [0.4, 0.5) is 10.5 Å². The lowest BCUT2D eigenvalue weighted by Crippen LogP contribution is -2.42. The first-order valence-corrected chi connectivity index (χ1v) is 8.58. The van der Waals surface area contributed by atoms with Gasteiger partial charge in [0.15, 0.2) is 0 Å². The molecule has 1 aliphatic heterocycles. The summed E-state index contributed by atoms with van der Waals surface area (Å²) in [6.07, 6.45) is 1.31. The van der Waals surface area contributed by atoms with Crippen LogP contribution in [0.2, 0.25) is 0 Å². The normalized spacial score (nSPS) is 17.4. The van der Waals surface area contributed by atoms with Gasteiger partial charge in [-0.05, 0) is 40.0 Å². The number of carbonyl (C=O) groups excluding carboxylic acids is 2. The first-order chi connectivity index (χ1) is 12.0. The zero-order chi connectivity index (χ0) is 19.6. The van der Waals surface area contributed by atoms with Crippen molar-refractivity contribution in [1.82, 2.24) is 14.7 Å². The van der Waals surface area contributed by atoms with Crippen LogP contribution in [-0.4, -0.2) is 49.8 Å².